The fraction of sp³-hybridized carbons (Fsp3) is 0. The SMILES string of the molecule is [CH2-][NH+]1c2ccccc2-c2ccncc21. The molecule has 2 nitrogen and oxygen atoms in total. The van der Waals surface area contributed by atoms with Crippen molar-refractivity contribution in [2.24, 2.45) is 0 Å². The van der Waals surface area contributed by atoms with Gasteiger partial charge in [0, 0.05) is 17.3 Å². The standard InChI is InChI=1S/C12H10N2/c1-14-11-5-3-2-4-9(11)10-6-7-13-8-12(10)14/h2-8,14H,1H2. The van der Waals surface area contributed by atoms with Crippen LogP contribution in [0.5, 0.6) is 0 Å². The van der Waals surface area contributed by atoms with E-state index in [4.69, 9.17) is 0 Å². The topological polar surface area (TPSA) is 17.3 Å². The van der Waals surface area contributed by atoms with E-state index in [9.17, 15) is 0 Å². The number of quaternary nitrogens is 1. The van der Waals surface area contributed by atoms with Gasteiger partial charge in [-0.25, -0.2) is 0 Å². The Labute approximate surface area is 82.8 Å². The predicted molar refractivity (Wildman–Crippen MR) is 55.3 cm³/mol. The van der Waals surface area contributed by atoms with Gasteiger partial charge >= 0.3 is 0 Å². The van der Waals surface area contributed by atoms with Gasteiger partial charge in [-0.1, -0.05) is 12.1 Å². The van der Waals surface area contributed by atoms with E-state index in [1.807, 2.05) is 24.5 Å². The van der Waals surface area contributed by atoms with Crippen molar-refractivity contribution in [3.8, 4) is 11.1 Å². The molecule has 0 fully saturated rings. The van der Waals surface area contributed by atoms with Crippen LogP contribution in [0.1, 0.15) is 0 Å². The fourth-order valence-electron chi connectivity index (χ4n) is 2.00. The lowest BCUT2D eigenvalue weighted by atomic mass is 10.1. The molecule has 2 heterocycles. The highest BCUT2D eigenvalue weighted by Gasteiger charge is 2.24. The Bertz CT molecular complexity index is 446. The number of aromatic nitrogens is 1. The molecule has 1 aromatic heterocycles. The summed E-state index contributed by atoms with van der Waals surface area (Å²) in [5.74, 6) is 0. The van der Waals surface area contributed by atoms with Gasteiger partial charge in [-0.15, -0.1) is 7.05 Å². The maximum absolute atomic E-state index is 4.13. The lowest BCUT2D eigenvalue weighted by molar-refractivity contribution is -0.700. The third-order valence-electron chi connectivity index (χ3n) is 2.69. The van der Waals surface area contributed by atoms with Crippen LogP contribution in [0.4, 0.5) is 11.4 Å². The molecule has 0 saturated carbocycles. The summed E-state index contributed by atoms with van der Waals surface area (Å²) in [5.41, 5.74) is 4.92. The van der Waals surface area contributed by atoms with Gasteiger partial charge in [0.25, 0.3) is 0 Å². The molecule has 0 bridgehead atoms. The van der Waals surface area contributed by atoms with Crippen molar-refractivity contribution in [1.29, 1.82) is 0 Å². The number of fused-ring (bicyclic) bond motifs is 3. The number of hydrogen-bond acceptors (Lipinski definition) is 1. The summed E-state index contributed by atoms with van der Waals surface area (Å²) in [4.78, 5) is 5.22. The molecular formula is C12H10N2. The first kappa shape index (κ1) is 7.71. The van der Waals surface area contributed by atoms with E-state index in [2.05, 4.69) is 30.2 Å². The number of nitrogens with one attached hydrogen (secondary N) is 1. The summed E-state index contributed by atoms with van der Waals surface area (Å²) in [5, 5.41) is 0. The maximum Gasteiger partial charge on any atom is 0.136 e. The zero-order chi connectivity index (χ0) is 9.54. The molecule has 1 unspecified atom stereocenters. The van der Waals surface area contributed by atoms with Crippen molar-refractivity contribution in [2.75, 3.05) is 0 Å². The molecular weight excluding hydrogens is 172 g/mol. The molecule has 0 spiro atoms. The minimum atomic E-state index is 1.09. The average molecular weight is 182 g/mol. The normalized spacial score (nSPS) is 17.6. The minimum Gasteiger partial charge on any atom is -0.400 e. The second-order valence-corrected chi connectivity index (χ2v) is 3.45. The summed E-state index contributed by atoms with van der Waals surface area (Å²) in [6.07, 6.45) is 3.71. The van der Waals surface area contributed by atoms with E-state index in [0.717, 1.165) is 10.6 Å². The van der Waals surface area contributed by atoms with Crippen LogP contribution in [0.2, 0.25) is 0 Å². The highest BCUT2D eigenvalue weighted by Crippen LogP contribution is 2.35. The smallest absolute Gasteiger partial charge is 0.136 e. The molecule has 3 rings (SSSR count). The monoisotopic (exact) mass is 182 g/mol. The van der Waals surface area contributed by atoms with Crippen LogP contribution in [0, 0.1) is 7.05 Å². The summed E-state index contributed by atoms with van der Waals surface area (Å²) in [6.45, 7) is 0. The first-order chi connectivity index (χ1) is 6.88. The van der Waals surface area contributed by atoms with E-state index in [0.29, 0.717) is 0 Å². The van der Waals surface area contributed by atoms with Gasteiger partial charge in [0.05, 0.1) is 6.20 Å². The van der Waals surface area contributed by atoms with E-state index < -0.39 is 0 Å². The molecule has 14 heavy (non-hydrogen) atoms. The van der Waals surface area contributed by atoms with Gasteiger partial charge in [-0.05, 0) is 18.2 Å². The van der Waals surface area contributed by atoms with Crippen LogP contribution in [0.3, 0.4) is 0 Å². The molecule has 1 atom stereocenters. The van der Waals surface area contributed by atoms with Crippen LogP contribution in [-0.2, 0) is 0 Å². The summed E-state index contributed by atoms with van der Waals surface area (Å²) >= 11 is 0. The van der Waals surface area contributed by atoms with Crippen LogP contribution < -0.4 is 4.90 Å². The zero-order valence-corrected chi connectivity index (χ0v) is 7.70. The lowest BCUT2D eigenvalue weighted by Gasteiger charge is -2.13. The lowest BCUT2D eigenvalue weighted by Crippen LogP contribution is -2.95. The van der Waals surface area contributed by atoms with E-state index in [-0.39, 0.29) is 0 Å². The molecule has 0 saturated heterocycles. The summed E-state index contributed by atoms with van der Waals surface area (Å²) in [7, 11) is 4.10. The number of hydrogen-bond donors (Lipinski definition) is 1. The number of para-hydroxylation sites is 1. The van der Waals surface area contributed by atoms with Gasteiger partial charge in [0.15, 0.2) is 0 Å². The Morgan fingerprint density at radius 1 is 1.00 bits per heavy atom. The van der Waals surface area contributed by atoms with Crippen LogP contribution in [0.25, 0.3) is 11.1 Å². The van der Waals surface area contributed by atoms with Gasteiger partial charge in [-0.3, -0.25) is 4.98 Å². The van der Waals surface area contributed by atoms with Crippen molar-refractivity contribution in [3.05, 3.63) is 49.8 Å². The zero-order valence-electron chi connectivity index (χ0n) is 7.70. The number of rotatable bonds is 0. The van der Waals surface area contributed by atoms with E-state index in [1.165, 1.54) is 16.8 Å². The molecule has 1 aromatic carbocycles. The molecule has 0 amide bonds. The third-order valence-corrected chi connectivity index (χ3v) is 2.69. The molecule has 1 N–H and O–H groups in total. The quantitative estimate of drug-likeness (QED) is 0.614. The van der Waals surface area contributed by atoms with Gasteiger partial charge < -0.3 is 4.90 Å². The number of benzene rings is 1. The van der Waals surface area contributed by atoms with E-state index >= 15 is 0 Å². The van der Waals surface area contributed by atoms with Crippen LogP contribution >= 0.6 is 0 Å². The van der Waals surface area contributed by atoms with Crippen molar-refractivity contribution < 1.29 is 4.90 Å². The fourth-order valence-corrected chi connectivity index (χ4v) is 2.00. The average Bonchev–Trinajstić information content (AvgIpc) is 2.55. The molecule has 1 aliphatic rings. The maximum atomic E-state index is 4.13. The number of nitrogens with zero attached hydrogens (tertiary/aromatic N) is 1. The van der Waals surface area contributed by atoms with E-state index in [1.54, 1.807) is 0 Å². The molecule has 0 aliphatic carbocycles. The first-order valence-electron chi connectivity index (χ1n) is 4.61. The second kappa shape index (κ2) is 2.66. The second-order valence-electron chi connectivity index (χ2n) is 3.45. The largest absolute Gasteiger partial charge is 0.400 e. The van der Waals surface area contributed by atoms with Crippen LogP contribution in [0.15, 0.2) is 42.7 Å². The highest BCUT2D eigenvalue weighted by molar-refractivity contribution is 5.84. The Kier molecular flexibility index (Phi) is 1.46. The third kappa shape index (κ3) is 0.860. The van der Waals surface area contributed by atoms with Crippen molar-refractivity contribution in [3.63, 3.8) is 0 Å². The van der Waals surface area contributed by atoms with Gasteiger partial charge in [0.1, 0.15) is 11.4 Å². The van der Waals surface area contributed by atoms with Gasteiger partial charge in [-0.2, -0.15) is 0 Å². The predicted octanol–water partition coefficient (Wildman–Crippen LogP) is 1.70. The van der Waals surface area contributed by atoms with Crippen molar-refractivity contribution in [1.82, 2.24) is 4.98 Å². The number of pyridine rings is 1. The summed E-state index contributed by atoms with van der Waals surface area (Å²) < 4.78 is 0. The highest BCUT2D eigenvalue weighted by atomic mass is 15.1. The van der Waals surface area contributed by atoms with Crippen LogP contribution in [-0.4, -0.2) is 4.98 Å². The Morgan fingerprint density at radius 3 is 2.71 bits per heavy atom. The molecule has 0 radical (unpaired) electrons. The van der Waals surface area contributed by atoms with Crippen molar-refractivity contribution in [2.45, 2.75) is 0 Å². The molecule has 2 aromatic rings. The Morgan fingerprint density at radius 2 is 1.79 bits per heavy atom. The minimum absolute atomic E-state index is 1.09. The van der Waals surface area contributed by atoms with Crippen molar-refractivity contribution >= 4 is 11.4 Å². The molecule has 1 aliphatic heterocycles. The Hall–Kier alpha value is -1.67. The van der Waals surface area contributed by atoms with Gasteiger partial charge in [0.2, 0.25) is 0 Å². The molecule has 68 valence electrons. The summed E-state index contributed by atoms with van der Waals surface area (Å²) in [6, 6.07) is 10.4. The first-order valence-corrected chi connectivity index (χ1v) is 4.61. The molecule has 2 heteroatoms. The Balaban J connectivity index is 2.36.